The van der Waals surface area contributed by atoms with Gasteiger partial charge in [0.1, 0.15) is 18.9 Å². The third-order valence-electron chi connectivity index (χ3n) is 2.49. The molecule has 0 saturated heterocycles. The van der Waals surface area contributed by atoms with Crippen molar-refractivity contribution in [2.45, 2.75) is 20.4 Å². The van der Waals surface area contributed by atoms with E-state index < -0.39 is 0 Å². The molecule has 1 aromatic heterocycles. The zero-order valence-electron chi connectivity index (χ0n) is 9.19. The van der Waals surface area contributed by atoms with Crippen molar-refractivity contribution in [1.29, 1.82) is 0 Å². The molecular weight excluding hydrogens is 174 g/mol. The Labute approximate surface area is 86.3 Å². The molecule has 0 saturated carbocycles. The van der Waals surface area contributed by atoms with Gasteiger partial charge in [-0.25, -0.2) is 9.13 Å². The highest BCUT2D eigenvalue weighted by Crippen LogP contribution is 1.87. The van der Waals surface area contributed by atoms with Crippen LogP contribution in [0.25, 0.3) is 6.20 Å². The van der Waals surface area contributed by atoms with Crippen LogP contribution in [0.3, 0.4) is 0 Å². The van der Waals surface area contributed by atoms with Crippen LogP contribution in [0.4, 0.5) is 0 Å². The number of imidazole rings is 1. The van der Waals surface area contributed by atoms with Crippen molar-refractivity contribution in [3.63, 3.8) is 0 Å². The Balaban J connectivity index is 2.40. The van der Waals surface area contributed by atoms with Gasteiger partial charge in [-0.15, -0.1) is 0 Å². The summed E-state index contributed by atoms with van der Waals surface area (Å²) in [5.74, 6) is 0. The van der Waals surface area contributed by atoms with E-state index in [0.29, 0.717) is 0 Å². The van der Waals surface area contributed by atoms with E-state index in [9.17, 15) is 0 Å². The van der Waals surface area contributed by atoms with Crippen LogP contribution in [0.15, 0.2) is 25.3 Å². The molecule has 0 radical (unpaired) electrons. The van der Waals surface area contributed by atoms with Gasteiger partial charge in [0, 0.05) is 6.54 Å². The van der Waals surface area contributed by atoms with Crippen molar-refractivity contribution in [2.24, 2.45) is 0 Å². The third kappa shape index (κ3) is 3.00. The molecule has 0 atom stereocenters. The monoisotopic (exact) mass is 194 g/mol. The van der Waals surface area contributed by atoms with E-state index in [4.69, 9.17) is 0 Å². The Bertz CT molecular complexity index is 274. The summed E-state index contributed by atoms with van der Waals surface area (Å²) in [6.45, 7) is 12.5. The minimum atomic E-state index is 1.04. The van der Waals surface area contributed by atoms with Crippen molar-refractivity contribution in [3.8, 4) is 0 Å². The van der Waals surface area contributed by atoms with E-state index in [0.717, 1.165) is 26.2 Å². The van der Waals surface area contributed by atoms with Gasteiger partial charge in [-0.1, -0.05) is 20.4 Å². The smallest absolute Gasteiger partial charge is 0.248 e. The second-order valence-corrected chi connectivity index (χ2v) is 3.31. The average Bonchev–Trinajstić information content (AvgIpc) is 2.67. The van der Waals surface area contributed by atoms with Gasteiger partial charge in [-0.3, -0.25) is 4.90 Å². The topological polar surface area (TPSA) is 12.0 Å². The first kappa shape index (κ1) is 11.0. The molecule has 3 nitrogen and oxygen atoms in total. The lowest BCUT2D eigenvalue weighted by Gasteiger charge is -2.15. The van der Waals surface area contributed by atoms with E-state index >= 15 is 0 Å². The number of nitrogens with zero attached hydrogens (tertiary/aromatic N) is 3. The van der Waals surface area contributed by atoms with Crippen LogP contribution < -0.4 is 4.57 Å². The average molecular weight is 194 g/mol. The minimum Gasteiger partial charge on any atom is -0.300 e. The molecule has 0 aliphatic rings. The number of hydrogen-bond donors (Lipinski definition) is 0. The predicted octanol–water partition coefficient (Wildman–Crippen LogP) is 1.22. The van der Waals surface area contributed by atoms with Crippen LogP contribution in [0, 0.1) is 0 Å². The van der Waals surface area contributed by atoms with Gasteiger partial charge in [-0.05, 0) is 13.1 Å². The third-order valence-corrected chi connectivity index (χ3v) is 2.49. The first-order valence-electron chi connectivity index (χ1n) is 5.21. The zero-order valence-corrected chi connectivity index (χ0v) is 9.19. The normalized spacial score (nSPS) is 10.8. The molecule has 78 valence electrons. The number of hydrogen-bond acceptors (Lipinski definition) is 1. The van der Waals surface area contributed by atoms with Gasteiger partial charge in [0.05, 0.1) is 6.20 Å². The maximum absolute atomic E-state index is 3.71. The quantitative estimate of drug-likeness (QED) is 0.620. The molecule has 0 N–H and O–H groups in total. The van der Waals surface area contributed by atoms with Crippen LogP contribution >= 0.6 is 0 Å². The summed E-state index contributed by atoms with van der Waals surface area (Å²) in [5.41, 5.74) is 0. The highest BCUT2D eigenvalue weighted by molar-refractivity contribution is 5.12. The Morgan fingerprint density at radius 1 is 1.43 bits per heavy atom. The lowest BCUT2D eigenvalue weighted by molar-refractivity contribution is -0.695. The largest absolute Gasteiger partial charge is 0.300 e. The van der Waals surface area contributed by atoms with Crippen LogP contribution in [-0.4, -0.2) is 29.1 Å². The van der Waals surface area contributed by atoms with Crippen LogP contribution in [-0.2, 0) is 6.54 Å². The zero-order chi connectivity index (χ0) is 10.4. The highest BCUT2D eigenvalue weighted by Gasteiger charge is 2.03. The standard InChI is InChI=1S/C11H20N3/c1-4-12(5-2)7-9-14-10-8-13(6-3)11-14/h6,8,10-11H,3-5,7,9H2,1-2H3/q+1. The maximum Gasteiger partial charge on any atom is 0.248 e. The highest BCUT2D eigenvalue weighted by atomic mass is 15.2. The number of likely N-dealkylation sites (N-methyl/N-ethyl adjacent to an activating group) is 1. The minimum absolute atomic E-state index is 1.04. The Morgan fingerprint density at radius 3 is 2.64 bits per heavy atom. The molecule has 0 aliphatic carbocycles. The van der Waals surface area contributed by atoms with Crippen LogP contribution in [0.1, 0.15) is 13.8 Å². The lowest BCUT2D eigenvalue weighted by atomic mass is 10.4. The van der Waals surface area contributed by atoms with Gasteiger partial charge >= 0.3 is 0 Å². The molecule has 3 heteroatoms. The molecule has 1 aromatic rings. The summed E-state index contributed by atoms with van der Waals surface area (Å²) in [7, 11) is 0. The molecule has 1 rings (SSSR count). The van der Waals surface area contributed by atoms with Crippen LogP contribution in [0.2, 0.25) is 0 Å². The van der Waals surface area contributed by atoms with E-state index in [1.54, 1.807) is 6.20 Å². The van der Waals surface area contributed by atoms with Gasteiger partial charge in [-0.2, -0.15) is 0 Å². The van der Waals surface area contributed by atoms with Crippen molar-refractivity contribution < 1.29 is 4.57 Å². The van der Waals surface area contributed by atoms with E-state index in [-0.39, 0.29) is 0 Å². The van der Waals surface area contributed by atoms with Crippen molar-refractivity contribution in [2.75, 3.05) is 19.6 Å². The van der Waals surface area contributed by atoms with E-state index in [1.165, 1.54) is 0 Å². The molecule has 1 heterocycles. The number of aromatic nitrogens is 2. The van der Waals surface area contributed by atoms with Crippen LogP contribution in [0.5, 0.6) is 0 Å². The molecule has 0 fully saturated rings. The second kappa shape index (κ2) is 5.60. The molecule has 0 spiro atoms. The molecule has 0 bridgehead atoms. The fourth-order valence-electron chi connectivity index (χ4n) is 1.45. The Hall–Kier alpha value is -1.09. The van der Waals surface area contributed by atoms with Crippen molar-refractivity contribution in [1.82, 2.24) is 9.47 Å². The molecule has 0 aliphatic heterocycles. The summed E-state index contributed by atoms with van der Waals surface area (Å²) in [6, 6.07) is 0. The molecule has 14 heavy (non-hydrogen) atoms. The van der Waals surface area contributed by atoms with Crippen molar-refractivity contribution >= 4 is 6.20 Å². The maximum atomic E-state index is 3.71. The molecule has 0 unspecified atom stereocenters. The summed E-state index contributed by atoms with van der Waals surface area (Å²) >= 11 is 0. The Morgan fingerprint density at radius 2 is 2.14 bits per heavy atom. The number of rotatable bonds is 6. The molecule has 0 aromatic carbocycles. The van der Waals surface area contributed by atoms with Gasteiger partial charge in [0.2, 0.25) is 6.33 Å². The van der Waals surface area contributed by atoms with E-state index in [2.05, 4.69) is 42.4 Å². The van der Waals surface area contributed by atoms with Gasteiger partial charge in [0.15, 0.2) is 0 Å². The SMILES string of the molecule is C=Cn1cc[n+](CCN(CC)CC)c1. The summed E-state index contributed by atoms with van der Waals surface area (Å²) < 4.78 is 4.14. The first-order valence-corrected chi connectivity index (χ1v) is 5.21. The fourth-order valence-corrected chi connectivity index (χ4v) is 1.45. The Kier molecular flexibility index (Phi) is 4.40. The molecular formula is C11H20N3+. The lowest BCUT2D eigenvalue weighted by Crippen LogP contribution is -2.39. The second-order valence-electron chi connectivity index (χ2n) is 3.31. The van der Waals surface area contributed by atoms with E-state index in [1.807, 2.05) is 10.8 Å². The van der Waals surface area contributed by atoms with Gasteiger partial charge in [0.25, 0.3) is 0 Å². The molecule has 0 amide bonds. The van der Waals surface area contributed by atoms with Crippen molar-refractivity contribution in [3.05, 3.63) is 25.3 Å². The fraction of sp³-hybridized carbons (Fsp3) is 0.545. The summed E-state index contributed by atoms with van der Waals surface area (Å²) in [6.07, 6.45) is 7.94. The predicted molar refractivity (Wildman–Crippen MR) is 58.8 cm³/mol. The van der Waals surface area contributed by atoms with Gasteiger partial charge < -0.3 is 0 Å². The summed E-state index contributed by atoms with van der Waals surface area (Å²) in [4.78, 5) is 2.41. The first-order chi connectivity index (χ1) is 6.80. The summed E-state index contributed by atoms with van der Waals surface area (Å²) in [5, 5.41) is 0.